The van der Waals surface area contributed by atoms with Gasteiger partial charge in [0.25, 0.3) is 0 Å². The van der Waals surface area contributed by atoms with Gasteiger partial charge in [-0.15, -0.1) is 0 Å². The van der Waals surface area contributed by atoms with Gasteiger partial charge in [0.15, 0.2) is 0 Å². The van der Waals surface area contributed by atoms with E-state index in [1.807, 2.05) is 12.1 Å². The number of likely N-dealkylation sites (tertiary alicyclic amines) is 1. The van der Waals surface area contributed by atoms with Gasteiger partial charge >= 0.3 is 0 Å². The van der Waals surface area contributed by atoms with Gasteiger partial charge in [-0.1, -0.05) is 25.3 Å². The Bertz CT molecular complexity index is 508. The highest BCUT2D eigenvalue weighted by Gasteiger charge is 2.46. The van der Waals surface area contributed by atoms with E-state index in [1.54, 1.807) is 17.3 Å². The van der Waals surface area contributed by atoms with Crippen molar-refractivity contribution in [1.82, 2.24) is 9.88 Å². The molecule has 5 nitrogen and oxygen atoms in total. The van der Waals surface area contributed by atoms with Gasteiger partial charge in [0.2, 0.25) is 5.91 Å². The first-order chi connectivity index (χ1) is 10.6. The van der Waals surface area contributed by atoms with Crippen molar-refractivity contribution in [2.24, 2.45) is 5.92 Å². The number of β-amino-alcohol motifs (C(OH)–C–C–N with tert-alkyl or cyclic N) is 1. The Labute approximate surface area is 131 Å². The first-order valence-corrected chi connectivity index (χ1v) is 8.15. The van der Waals surface area contributed by atoms with E-state index >= 15 is 0 Å². The van der Waals surface area contributed by atoms with Crippen LogP contribution >= 0.6 is 0 Å². The zero-order chi connectivity index (χ0) is 15.6. The maximum absolute atomic E-state index is 12.9. The van der Waals surface area contributed by atoms with Crippen LogP contribution in [-0.2, 0) is 4.79 Å². The second kappa shape index (κ2) is 6.34. The molecule has 1 aliphatic carbocycles. The highest BCUT2D eigenvalue weighted by Crippen LogP contribution is 2.38. The number of carbonyl (C=O) groups is 1. The minimum atomic E-state index is -1.11. The van der Waals surface area contributed by atoms with Gasteiger partial charge in [-0.05, 0) is 30.4 Å². The van der Waals surface area contributed by atoms with Gasteiger partial charge in [-0.3, -0.25) is 9.78 Å². The molecule has 1 saturated heterocycles. The molecule has 2 aliphatic rings. The van der Waals surface area contributed by atoms with Crippen molar-refractivity contribution in [1.29, 1.82) is 0 Å². The lowest BCUT2D eigenvalue weighted by atomic mass is 9.75. The monoisotopic (exact) mass is 304 g/mol. The Balaban J connectivity index is 1.78. The Morgan fingerprint density at radius 2 is 2.09 bits per heavy atom. The van der Waals surface area contributed by atoms with Gasteiger partial charge in [-0.25, -0.2) is 0 Å². The minimum absolute atomic E-state index is 0.0676. The van der Waals surface area contributed by atoms with E-state index in [9.17, 15) is 9.90 Å². The Morgan fingerprint density at radius 1 is 1.36 bits per heavy atom. The second-order valence-electron chi connectivity index (χ2n) is 6.74. The third-order valence-electron chi connectivity index (χ3n) is 5.01. The molecular formula is C17H24N2O3. The third kappa shape index (κ3) is 3.01. The second-order valence-corrected chi connectivity index (χ2v) is 6.74. The van der Waals surface area contributed by atoms with Crippen LogP contribution in [0.2, 0.25) is 0 Å². The SMILES string of the molecule is O=C(C(c1cccnc1)C1CCCCC1)N1CC(O)(CO)C1. The Hall–Kier alpha value is -1.46. The molecule has 5 heteroatoms. The van der Waals surface area contributed by atoms with E-state index < -0.39 is 5.60 Å². The standard InChI is InChI=1S/C17H24N2O3/c20-12-17(22)10-19(11-17)16(21)15(13-5-2-1-3-6-13)14-7-4-8-18-9-14/h4,7-9,13,15,20,22H,1-3,5-6,10-12H2. The first-order valence-electron chi connectivity index (χ1n) is 8.15. The first kappa shape index (κ1) is 15.4. The predicted molar refractivity (Wildman–Crippen MR) is 82.2 cm³/mol. The molecule has 1 saturated carbocycles. The summed E-state index contributed by atoms with van der Waals surface area (Å²) in [4.78, 5) is 18.8. The summed E-state index contributed by atoms with van der Waals surface area (Å²) in [5, 5.41) is 19.1. The van der Waals surface area contributed by atoms with Crippen LogP contribution in [0, 0.1) is 5.92 Å². The largest absolute Gasteiger partial charge is 0.393 e. The fraction of sp³-hybridized carbons (Fsp3) is 0.647. The summed E-state index contributed by atoms with van der Waals surface area (Å²) >= 11 is 0. The van der Waals surface area contributed by atoms with Crippen LogP contribution in [0.1, 0.15) is 43.6 Å². The van der Waals surface area contributed by atoms with Crippen molar-refractivity contribution in [3.63, 3.8) is 0 Å². The number of rotatable bonds is 4. The summed E-state index contributed by atoms with van der Waals surface area (Å²) in [6.45, 7) is 0.162. The predicted octanol–water partition coefficient (Wildman–Crippen LogP) is 1.31. The van der Waals surface area contributed by atoms with Crippen LogP contribution in [0.4, 0.5) is 0 Å². The van der Waals surface area contributed by atoms with E-state index in [2.05, 4.69) is 4.98 Å². The van der Waals surface area contributed by atoms with Crippen molar-refractivity contribution < 1.29 is 15.0 Å². The molecule has 0 bridgehead atoms. The molecule has 2 heterocycles. The molecule has 0 spiro atoms. The van der Waals surface area contributed by atoms with Crippen LogP contribution in [0.15, 0.2) is 24.5 Å². The lowest BCUT2D eigenvalue weighted by Crippen LogP contribution is -2.66. The van der Waals surface area contributed by atoms with Crippen LogP contribution < -0.4 is 0 Å². The number of aromatic nitrogens is 1. The fourth-order valence-electron chi connectivity index (χ4n) is 3.76. The zero-order valence-corrected chi connectivity index (χ0v) is 12.8. The Morgan fingerprint density at radius 3 is 2.68 bits per heavy atom. The number of aliphatic hydroxyl groups excluding tert-OH is 1. The number of carbonyl (C=O) groups excluding carboxylic acids is 1. The summed E-state index contributed by atoms with van der Waals surface area (Å²) in [5.41, 5.74) is -0.138. The molecule has 120 valence electrons. The van der Waals surface area contributed by atoms with Crippen molar-refractivity contribution >= 4 is 5.91 Å². The number of pyridine rings is 1. The highest BCUT2D eigenvalue weighted by molar-refractivity contribution is 5.85. The van der Waals surface area contributed by atoms with Crippen molar-refractivity contribution in [3.8, 4) is 0 Å². The third-order valence-corrected chi connectivity index (χ3v) is 5.01. The molecule has 1 atom stereocenters. The molecule has 0 aromatic carbocycles. The molecule has 1 aromatic heterocycles. The lowest BCUT2D eigenvalue weighted by molar-refractivity contribution is -0.165. The zero-order valence-electron chi connectivity index (χ0n) is 12.8. The summed E-state index contributed by atoms with van der Waals surface area (Å²) < 4.78 is 0. The van der Waals surface area contributed by atoms with Gasteiger partial charge < -0.3 is 15.1 Å². The van der Waals surface area contributed by atoms with Crippen LogP contribution in [0.3, 0.4) is 0 Å². The average Bonchev–Trinajstić information content (AvgIpc) is 2.54. The van der Waals surface area contributed by atoms with Crippen molar-refractivity contribution in [2.45, 2.75) is 43.6 Å². The van der Waals surface area contributed by atoms with E-state index in [4.69, 9.17) is 5.11 Å². The topological polar surface area (TPSA) is 73.7 Å². The summed E-state index contributed by atoms with van der Waals surface area (Å²) in [6.07, 6.45) is 9.26. The summed E-state index contributed by atoms with van der Waals surface area (Å²) in [5.74, 6) is 0.253. The van der Waals surface area contributed by atoms with Crippen LogP contribution in [0.5, 0.6) is 0 Å². The molecule has 1 amide bonds. The molecule has 3 rings (SSSR count). The smallest absolute Gasteiger partial charge is 0.230 e. The van der Waals surface area contributed by atoms with Crippen molar-refractivity contribution in [2.75, 3.05) is 19.7 Å². The van der Waals surface area contributed by atoms with Crippen molar-refractivity contribution in [3.05, 3.63) is 30.1 Å². The normalized spacial score (nSPS) is 22.9. The maximum Gasteiger partial charge on any atom is 0.230 e. The lowest BCUT2D eigenvalue weighted by Gasteiger charge is -2.47. The number of nitrogens with zero attached hydrogens (tertiary/aromatic N) is 2. The molecular weight excluding hydrogens is 280 g/mol. The van der Waals surface area contributed by atoms with E-state index in [0.717, 1.165) is 18.4 Å². The van der Waals surface area contributed by atoms with Gasteiger partial charge in [0.1, 0.15) is 5.60 Å². The number of amides is 1. The molecule has 2 fully saturated rings. The summed E-state index contributed by atoms with van der Waals surface area (Å²) in [7, 11) is 0. The molecule has 2 N–H and O–H groups in total. The quantitative estimate of drug-likeness (QED) is 0.879. The van der Waals surface area contributed by atoms with E-state index in [1.165, 1.54) is 19.3 Å². The number of aliphatic hydroxyl groups is 2. The maximum atomic E-state index is 12.9. The van der Waals surface area contributed by atoms with E-state index in [0.29, 0.717) is 5.92 Å². The van der Waals surface area contributed by atoms with Gasteiger partial charge in [0.05, 0.1) is 25.6 Å². The highest BCUT2D eigenvalue weighted by atomic mass is 16.3. The number of hydrogen-bond donors (Lipinski definition) is 2. The Kier molecular flexibility index (Phi) is 4.45. The molecule has 0 radical (unpaired) electrons. The van der Waals surface area contributed by atoms with E-state index in [-0.39, 0.29) is 31.5 Å². The van der Waals surface area contributed by atoms with Crippen LogP contribution in [0.25, 0.3) is 0 Å². The van der Waals surface area contributed by atoms with Gasteiger partial charge in [-0.2, -0.15) is 0 Å². The average molecular weight is 304 g/mol. The minimum Gasteiger partial charge on any atom is -0.393 e. The molecule has 1 aliphatic heterocycles. The molecule has 1 aromatic rings. The van der Waals surface area contributed by atoms with Crippen LogP contribution in [-0.4, -0.2) is 51.3 Å². The van der Waals surface area contributed by atoms with Gasteiger partial charge in [0, 0.05) is 12.4 Å². The summed E-state index contributed by atoms with van der Waals surface area (Å²) in [6, 6.07) is 3.85. The molecule has 22 heavy (non-hydrogen) atoms. The fourth-order valence-corrected chi connectivity index (χ4v) is 3.76. The number of hydrogen-bond acceptors (Lipinski definition) is 4. The molecule has 1 unspecified atom stereocenters.